The van der Waals surface area contributed by atoms with Crippen molar-refractivity contribution in [2.45, 2.75) is 66.6 Å². The Labute approximate surface area is 241 Å². The van der Waals surface area contributed by atoms with Crippen LogP contribution in [-0.4, -0.2) is 60.4 Å². The van der Waals surface area contributed by atoms with E-state index in [1.807, 2.05) is 33.8 Å². The van der Waals surface area contributed by atoms with Crippen LogP contribution >= 0.6 is 0 Å². The van der Waals surface area contributed by atoms with Gasteiger partial charge in [0.1, 0.15) is 0 Å². The molecule has 0 radical (unpaired) electrons. The highest BCUT2D eigenvalue weighted by Gasteiger charge is 2.32. The topological polar surface area (TPSA) is 70.6 Å². The first-order valence-corrected chi connectivity index (χ1v) is 14.5. The molecule has 1 aromatic heterocycles. The predicted molar refractivity (Wildman–Crippen MR) is 158 cm³/mol. The van der Waals surface area contributed by atoms with E-state index in [-0.39, 0.29) is 18.1 Å². The zero-order chi connectivity index (χ0) is 30.0. The summed E-state index contributed by atoms with van der Waals surface area (Å²) in [6, 6.07) is 10.5. The van der Waals surface area contributed by atoms with Crippen molar-refractivity contribution >= 4 is 28.2 Å². The number of aryl methyl sites for hydroxylation is 1. The Kier molecular flexibility index (Phi) is 11.8. The van der Waals surface area contributed by atoms with E-state index in [9.17, 15) is 18.0 Å². The first-order valence-electron chi connectivity index (χ1n) is 14.5. The van der Waals surface area contributed by atoms with E-state index in [1.165, 1.54) is 13.0 Å². The molecule has 0 spiro atoms. The van der Waals surface area contributed by atoms with Gasteiger partial charge in [-0.3, -0.25) is 9.69 Å². The average Bonchev–Trinajstić information content (AvgIpc) is 2.96. The molecule has 1 N–H and O–H groups in total. The van der Waals surface area contributed by atoms with Crippen LogP contribution in [-0.2, 0) is 22.3 Å². The molecule has 41 heavy (non-hydrogen) atoms. The molecule has 1 aliphatic heterocycles. The molecule has 2 aromatic carbocycles. The molecule has 0 saturated carbocycles. The van der Waals surface area contributed by atoms with E-state index < -0.39 is 11.7 Å². The van der Waals surface area contributed by atoms with E-state index in [0.717, 1.165) is 73.8 Å². The summed E-state index contributed by atoms with van der Waals surface area (Å²) in [7, 11) is 0. The molecule has 4 rings (SSSR count). The Morgan fingerprint density at radius 2 is 1.73 bits per heavy atom. The summed E-state index contributed by atoms with van der Waals surface area (Å²) in [6.45, 7) is 14.4. The van der Waals surface area contributed by atoms with E-state index in [0.29, 0.717) is 24.4 Å². The monoisotopic (exact) mass is 573 g/mol. The van der Waals surface area contributed by atoms with Gasteiger partial charge in [0.2, 0.25) is 0 Å². The van der Waals surface area contributed by atoms with Crippen molar-refractivity contribution in [3.63, 3.8) is 0 Å². The second kappa shape index (κ2) is 15.0. The third-order valence-corrected chi connectivity index (χ3v) is 7.29. The van der Waals surface area contributed by atoms with E-state index in [4.69, 9.17) is 4.74 Å². The fourth-order valence-electron chi connectivity index (χ4n) is 5.03. The van der Waals surface area contributed by atoms with E-state index in [1.54, 1.807) is 6.07 Å². The second-order valence-electron chi connectivity index (χ2n) is 9.90. The largest absolute Gasteiger partial charge is 0.466 e. The fourth-order valence-corrected chi connectivity index (χ4v) is 5.03. The van der Waals surface area contributed by atoms with Gasteiger partial charge in [0, 0.05) is 55.6 Å². The summed E-state index contributed by atoms with van der Waals surface area (Å²) in [5.74, 6) is 0.423. The number of nitrogens with one attached hydrogen (secondary N) is 1. The first-order chi connectivity index (χ1) is 19.7. The minimum atomic E-state index is -4.39. The molecule has 0 aliphatic carbocycles. The van der Waals surface area contributed by atoms with Crippen LogP contribution in [0.1, 0.15) is 62.4 Å². The van der Waals surface area contributed by atoms with Gasteiger partial charge in [0.15, 0.2) is 5.82 Å². The number of hydrogen-bond acceptors (Lipinski definition) is 7. The maximum atomic E-state index is 13.4. The second-order valence-corrected chi connectivity index (χ2v) is 9.90. The molecule has 0 atom stereocenters. The zero-order valence-corrected chi connectivity index (χ0v) is 24.8. The number of carbonyl (C=O) groups is 1. The Hall–Kier alpha value is -3.40. The summed E-state index contributed by atoms with van der Waals surface area (Å²) in [4.78, 5) is 16.3. The summed E-state index contributed by atoms with van der Waals surface area (Å²) in [5, 5.41) is 13.7. The smallest absolute Gasteiger partial charge is 0.416 e. The number of rotatable bonds is 10. The van der Waals surface area contributed by atoms with Crippen molar-refractivity contribution in [1.82, 2.24) is 15.1 Å². The third-order valence-electron chi connectivity index (χ3n) is 7.29. The molecular formula is C31H42F3N5O2. The molecule has 2 heterocycles. The minimum absolute atomic E-state index is 0.127. The lowest BCUT2D eigenvalue weighted by Crippen LogP contribution is -2.46. The molecule has 1 fully saturated rings. The first kappa shape index (κ1) is 32.1. The number of unbranched alkanes of at least 4 members (excludes halogenated alkanes) is 1. The van der Waals surface area contributed by atoms with Gasteiger partial charge in [0.05, 0.1) is 17.9 Å². The van der Waals surface area contributed by atoms with Crippen LogP contribution in [0, 0.1) is 13.8 Å². The van der Waals surface area contributed by atoms with Crippen molar-refractivity contribution in [2.75, 3.05) is 49.5 Å². The Morgan fingerprint density at radius 1 is 1.00 bits per heavy atom. The van der Waals surface area contributed by atoms with Crippen molar-refractivity contribution in [2.24, 2.45) is 0 Å². The van der Waals surface area contributed by atoms with Crippen molar-refractivity contribution < 1.29 is 22.7 Å². The molecule has 0 unspecified atom stereocenters. The van der Waals surface area contributed by atoms with Gasteiger partial charge in [0.25, 0.3) is 0 Å². The van der Waals surface area contributed by atoms with Gasteiger partial charge < -0.3 is 15.0 Å². The Balaban J connectivity index is 0.00000226. The van der Waals surface area contributed by atoms with Crippen molar-refractivity contribution in [3.8, 4) is 0 Å². The summed E-state index contributed by atoms with van der Waals surface area (Å²) in [5.41, 5.74) is 2.03. The number of fused-ring (bicyclic) bond motifs is 1. The van der Waals surface area contributed by atoms with Crippen molar-refractivity contribution in [3.05, 3.63) is 58.8 Å². The fraction of sp³-hybridized carbons (Fsp3) is 0.516. The molecular weight excluding hydrogens is 531 g/mol. The number of alkyl halides is 3. The number of aromatic nitrogens is 2. The van der Waals surface area contributed by atoms with Gasteiger partial charge in [-0.1, -0.05) is 32.0 Å². The number of hydrogen-bond donors (Lipinski definition) is 1. The molecule has 10 heteroatoms. The number of piperazine rings is 1. The number of esters is 1. The highest BCUT2D eigenvalue weighted by molar-refractivity contribution is 5.95. The highest BCUT2D eigenvalue weighted by Crippen LogP contribution is 2.34. The van der Waals surface area contributed by atoms with Gasteiger partial charge in [-0.15, -0.1) is 5.10 Å². The molecule has 7 nitrogen and oxygen atoms in total. The van der Waals surface area contributed by atoms with Gasteiger partial charge in [-0.05, 0) is 69.5 Å². The molecule has 0 bridgehead atoms. The Bertz CT molecular complexity index is 1290. The standard InChI is InChI=1S/C29H36F3N5O2.C2H6/c1-4-39-27(38)10-5-6-13-36-14-16-37(17-15-36)23-11-12-24-21(3)34-35-28(25(24)18-23)33-19-22-8-7-9-26(20(22)2)29(30,31)32;1-2/h7-9,11-12,18H,4-6,10,13-17,19H2,1-3H3,(H,33,35);1-2H3. The summed E-state index contributed by atoms with van der Waals surface area (Å²) >= 11 is 0. The van der Waals surface area contributed by atoms with Crippen LogP contribution in [0.3, 0.4) is 0 Å². The molecule has 1 saturated heterocycles. The highest BCUT2D eigenvalue weighted by atomic mass is 19.4. The third kappa shape index (κ3) is 8.55. The SMILES string of the molecule is CC.CCOC(=O)CCCCN1CCN(c2ccc3c(C)nnc(NCc4cccc(C(F)(F)F)c4C)c3c2)CC1. The van der Waals surface area contributed by atoms with Crippen LogP contribution in [0.15, 0.2) is 36.4 Å². The molecule has 0 amide bonds. The zero-order valence-electron chi connectivity index (χ0n) is 24.8. The van der Waals surface area contributed by atoms with Gasteiger partial charge in [-0.2, -0.15) is 18.3 Å². The average molecular weight is 574 g/mol. The van der Waals surface area contributed by atoms with Gasteiger partial charge in [-0.25, -0.2) is 0 Å². The number of ether oxygens (including phenoxy) is 1. The van der Waals surface area contributed by atoms with Crippen LogP contribution < -0.4 is 10.2 Å². The maximum absolute atomic E-state index is 13.4. The lowest BCUT2D eigenvalue weighted by molar-refractivity contribution is -0.143. The normalized spacial score (nSPS) is 14.0. The number of halogens is 3. The van der Waals surface area contributed by atoms with Crippen LogP contribution in [0.2, 0.25) is 0 Å². The number of benzene rings is 2. The molecule has 3 aromatic rings. The lowest BCUT2D eigenvalue weighted by Gasteiger charge is -2.36. The van der Waals surface area contributed by atoms with E-state index >= 15 is 0 Å². The number of carbonyl (C=O) groups excluding carboxylic acids is 1. The summed E-state index contributed by atoms with van der Waals surface area (Å²) in [6.07, 6.45) is -2.12. The quantitative estimate of drug-likeness (QED) is 0.212. The van der Waals surface area contributed by atoms with Crippen LogP contribution in [0.25, 0.3) is 10.8 Å². The molecule has 1 aliphatic rings. The Morgan fingerprint density at radius 3 is 2.41 bits per heavy atom. The summed E-state index contributed by atoms with van der Waals surface area (Å²) < 4.78 is 45.1. The lowest BCUT2D eigenvalue weighted by atomic mass is 10.0. The van der Waals surface area contributed by atoms with Crippen LogP contribution in [0.5, 0.6) is 0 Å². The number of anilines is 2. The van der Waals surface area contributed by atoms with Crippen LogP contribution in [0.4, 0.5) is 24.7 Å². The minimum Gasteiger partial charge on any atom is -0.466 e. The predicted octanol–water partition coefficient (Wildman–Crippen LogP) is 6.76. The number of nitrogens with zero attached hydrogens (tertiary/aromatic N) is 4. The van der Waals surface area contributed by atoms with Gasteiger partial charge >= 0.3 is 12.1 Å². The maximum Gasteiger partial charge on any atom is 0.416 e. The van der Waals surface area contributed by atoms with E-state index in [2.05, 4.69) is 37.4 Å². The van der Waals surface area contributed by atoms with Crippen molar-refractivity contribution in [1.29, 1.82) is 0 Å². The molecule has 224 valence electrons.